The van der Waals surface area contributed by atoms with Crippen molar-refractivity contribution in [1.29, 1.82) is 0 Å². The number of anilines is 1. The summed E-state index contributed by atoms with van der Waals surface area (Å²) in [6, 6.07) is 16.1. The van der Waals surface area contributed by atoms with E-state index in [0.717, 1.165) is 34.0 Å². The summed E-state index contributed by atoms with van der Waals surface area (Å²) in [6.07, 6.45) is 5.13. The average molecular weight is 704 g/mol. The number of benzene rings is 3. The van der Waals surface area contributed by atoms with Crippen LogP contribution in [0.4, 0.5) is 11.4 Å². The molecule has 3 heterocycles. The standard InChI is InChI=1S/C39H41N7O6/c1-21(2)35(39(50)45-31-10-5-4-7-23(31)17-33(45)36(40)47)43-38(49)30(15-22-11-13-26(14-12-22)46(51)52)42-37(48)25-16-28-27-8-6-9-29-34(27)24(19-41-29)18-32(28)44(3)20-25/h4-14,16,19,21,25,30,32-33,35,41H,15,17-18,20H2,1-3H3,(H2,40,47)(H,42,48)(H,43,49)/t25-,30+,32-,33+,35+/m1/s1. The van der Waals surface area contributed by atoms with Gasteiger partial charge in [0.1, 0.15) is 18.1 Å². The lowest BCUT2D eigenvalue weighted by molar-refractivity contribution is -0.384. The number of nitrogens with two attached hydrogens (primary N) is 1. The summed E-state index contributed by atoms with van der Waals surface area (Å²) in [7, 11) is 1.99. The maximum atomic E-state index is 14.2. The number of hydrogen-bond acceptors (Lipinski definition) is 7. The molecule has 0 saturated carbocycles. The first-order chi connectivity index (χ1) is 24.9. The van der Waals surface area contributed by atoms with E-state index in [1.54, 1.807) is 38.1 Å². The monoisotopic (exact) mass is 703 g/mol. The number of primary amides is 1. The van der Waals surface area contributed by atoms with Crippen LogP contribution in [-0.2, 0) is 38.4 Å². The second-order valence-electron chi connectivity index (χ2n) is 14.3. The second-order valence-corrected chi connectivity index (χ2v) is 14.3. The molecule has 0 unspecified atom stereocenters. The van der Waals surface area contributed by atoms with Crippen molar-refractivity contribution in [3.05, 3.63) is 111 Å². The number of carbonyl (C=O) groups excluding carboxylic acids is 4. The Balaban J connectivity index is 1.17. The highest BCUT2D eigenvalue weighted by Gasteiger charge is 2.42. The molecule has 0 fully saturated rings. The Kier molecular flexibility index (Phi) is 9.13. The van der Waals surface area contributed by atoms with Crippen molar-refractivity contribution in [2.75, 3.05) is 18.5 Å². The first-order valence-electron chi connectivity index (χ1n) is 17.5. The molecule has 1 aromatic heterocycles. The van der Waals surface area contributed by atoms with Crippen LogP contribution in [0, 0.1) is 22.0 Å². The van der Waals surface area contributed by atoms with Gasteiger partial charge in [-0.25, -0.2) is 0 Å². The molecule has 0 bridgehead atoms. The number of aromatic amines is 1. The van der Waals surface area contributed by atoms with Crippen molar-refractivity contribution >= 4 is 51.5 Å². The van der Waals surface area contributed by atoms with E-state index < -0.39 is 52.6 Å². The Morgan fingerprint density at radius 1 is 0.981 bits per heavy atom. The number of hydrogen-bond donors (Lipinski definition) is 4. The fraction of sp³-hybridized carbons (Fsp3) is 0.333. The molecule has 5 atom stereocenters. The van der Waals surface area contributed by atoms with Gasteiger partial charge in [0, 0.05) is 60.3 Å². The zero-order chi connectivity index (χ0) is 36.8. The van der Waals surface area contributed by atoms with Crippen LogP contribution in [0.15, 0.2) is 79.0 Å². The predicted octanol–water partition coefficient (Wildman–Crippen LogP) is 3.26. The largest absolute Gasteiger partial charge is 0.368 e. The van der Waals surface area contributed by atoms with Crippen molar-refractivity contribution in [3.8, 4) is 0 Å². The normalized spacial score (nSPS) is 20.4. The van der Waals surface area contributed by atoms with E-state index in [0.29, 0.717) is 17.8 Å². The van der Waals surface area contributed by atoms with Crippen LogP contribution in [0.1, 0.15) is 36.1 Å². The molecular formula is C39H41N7O6. The van der Waals surface area contributed by atoms with Crippen LogP contribution in [-0.4, -0.2) is 76.2 Å². The Morgan fingerprint density at radius 2 is 1.73 bits per heavy atom. The molecule has 3 aromatic carbocycles. The topological polar surface area (TPSA) is 184 Å². The van der Waals surface area contributed by atoms with Crippen LogP contribution in [0.5, 0.6) is 0 Å². The van der Waals surface area contributed by atoms with Crippen molar-refractivity contribution in [1.82, 2.24) is 20.5 Å². The van der Waals surface area contributed by atoms with E-state index in [9.17, 15) is 29.3 Å². The van der Waals surface area contributed by atoms with Gasteiger partial charge in [-0.05, 0) is 59.3 Å². The van der Waals surface area contributed by atoms with Crippen LogP contribution in [0.25, 0.3) is 16.5 Å². The summed E-state index contributed by atoms with van der Waals surface area (Å²) in [6.45, 7) is 4.00. The molecular weight excluding hydrogens is 662 g/mol. The summed E-state index contributed by atoms with van der Waals surface area (Å²) in [5, 5.41) is 18.3. The number of non-ortho nitro benzene ring substituents is 1. The quantitative estimate of drug-likeness (QED) is 0.144. The van der Waals surface area contributed by atoms with Gasteiger partial charge in [0.2, 0.25) is 17.7 Å². The molecule has 0 saturated heterocycles. The third-order valence-corrected chi connectivity index (χ3v) is 10.6. The summed E-state index contributed by atoms with van der Waals surface area (Å²) >= 11 is 0. The smallest absolute Gasteiger partial charge is 0.269 e. The lowest BCUT2D eigenvalue weighted by Gasteiger charge is -2.39. The maximum absolute atomic E-state index is 14.2. The van der Waals surface area contributed by atoms with Crippen LogP contribution < -0.4 is 21.3 Å². The van der Waals surface area contributed by atoms with Gasteiger partial charge in [0.25, 0.3) is 11.6 Å². The third kappa shape index (κ3) is 6.32. The Hall–Kier alpha value is -5.82. The molecule has 2 aliphatic heterocycles. The van der Waals surface area contributed by atoms with E-state index in [2.05, 4.69) is 26.6 Å². The molecule has 7 rings (SSSR count). The number of nitrogens with zero attached hydrogens (tertiary/aromatic N) is 3. The highest BCUT2D eigenvalue weighted by atomic mass is 16.6. The predicted molar refractivity (Wildman–Crippen MR) is 196 cm³/mol. The Bertz CT molecular complexity index is 2120. The number of nitrogens with one attached hydrogen (secondary N) is 3. The Labute approximate surface area is 300 Å². The lowest BCUT2D eigenvalue weighted by Crippen LogP contribution is -2.59. The van der Waals surface area contributed by atoms with Crippen molar-refractivity contribution in [3.63, 3.8) is 0 Å². The molecule has 0 radical (unpaired) electrons. The molecule has 13 nitrogen and oxygen atoms in total. The number of likely N-dealkylation sites (N-methyl/N-ethyl adjacent to an activating group) is 1. The minimum absolute atomic E-state index is 0.0127. The molecule has 3 aliphatic rings. The van der Waals surface area contributed by atoms with Crippen molar-refractivity contribution in [2.24, 2.45) is 17.6 Å². The highest BCUT2D eigenvalue weighted by molar-refractivity contribution is 6.07. The zero-order valence-electron chi connectivity index (χ0n) is 29.2. The number of nitro benzene ring substituents is 1. The van der Waals surface area contributed by atoms with Gasteiger partial charge in [-0.3, -0.25) is 39.1 Å². The summed E-state index contributed by atoms with van der Waals surface area (Å²) in [5.41, 5.74) is 12.0. The summed E-state index contributed by atoms with van der Waals surface area (Å²) in [4.78, 5) is 72.8. The van der Waals surface area contributed by atoms with Gasteiger partial charge in [-0.1, -0.05) is 62.4 Å². The van der Waals surface area contributed by atoms with Gasteiger partial charge in [0.05, 0.1) is 10.8 Å². The van der Waals surface area contributed by atoms with Crippen molar-refractivity contribution in [2.45, 2.75) is 57.3 Å². The van der Waals surface area contributed by atoms with Gasteiger partial charge in [0.15, 0.2) is 0 Å². The fourth-order valence-corrected chi connectivity index (χ4v) is 7.90. The van der Waals surface area contributed by atoms with Gasteiger partial charge < -0.3 is 21.4 Å². The van der Waals surface area contributed by atoms with E-state index in [4.69, 9.17) is 5.73 Å². The van der Waals surface area contributed by atoms with Gasteiger partial charge >= 0.3 is 0 Å². The molecule has 0 spiro atoms. The van der Waals surface area contributed by atoms with E-state index >= 15 is 0 Å². The molecule has 4 aromatic rings. The van der Waals surface area contributed by atoms with Crippen molar-refractivity contribution < 1.29 is 24.1 Å². The number of fused-ring (bicyclic) bond motifs is 3. The van der Waals surface area contributed by atoms with Crippen LogP contribution in [0.3, 0.4) is 0 Å². The van der Waals surface area contributed by atoms with E-state index in [1.807, 2.05) is 43.6 Å². The molecule has 52 heavy (non-hydrogen) atoms. The maximum Gasteiger partial charge on any atom is 0.269 e. The highest BCUT2D eigenvalue weighted by Crippen LogP contribution is 2.41. The number of nitro groups is 1. The van der Waals surface area contributed by atoms with Gasteiger partial charge in [-0.15, -0.1) is 0 Å². The van der Waals surface area contributed by atoms with Crippen LogP contribution in [0.2, 0.25) is 0 Å². The number of para-hydroxylation sites is 1. The number of carbonyl (C=O) groups is 4. The summed E-state index contributed by atoms with van der Waals surface area (Å²) < 4.78 is 0. The average Bonchev–Trinajstić information content (AvgIpc) is 3.73. The Morgan fingerprint density at radius 3 is 2.44 bits per heavy atom. The molecule has 268 valence electrons. The molecule has 1 aliphatic carbocycles. The minimum Gasteiger partial charge on any atom is -0.368 e. The first kappa shape index (κ1) is 34.6. The lowest BCUT2D eigenvalue weighted by atomic mass is 9.79. The zero-order valence-corrected chi connectivity index (χ0v) is 29.2. The minimum atomic E-state index is -1.13. The third-order valence-electron chi connectivity index (χ3n) is 10.6. The second kappa shape index (κ2) is 13.7. The summed E-state index contributed by atoms with van der Waals surface area (Å²) in [5.74, 6) is -3.08. The SMILES string of the molecule is CC(C)[C@H](NC(=O)[C@H](Cc1ccc([N+](=O)[O-])cc1)NC(=O)[C@@H]1C=C2c3cccc4[nH]cc(c34)C[C@H]2N(C)C1)C(=O)N1c2ccccc2C[C@H]1C(N)=O. The molecule has 13 heteroatoms. The number of rotatable bonds is 10. The number of aromatic nitrogens is 1. The fourth-order valence-electron chi connectivity index (χ4n) is 7.90. The first-order valence-corrected chi connectivity index (χ1v) is 17.5. The van der Waals surface area contributed by atoms with E-state index in [-0.39, 0.29) is 30.5 Å². The van der Waals surface area contributed by atoms with Gasteiger partial charge in [-0.2, -0.15) is 0 Å². The van der Waals surface area contributed by atoms with Crippen LogP contribution >= 0.6 is 0 Å². The van der Waals surface area contributed by atoms with E-state index in [1.165, 1.54) is 22.6 Å². The molecule has 5 N–H and O–H groups in total. The number of H-pyrrole nitrogens is 1. The molecule has 4 amide bonds. The number of amides is 4.